The van der Waals surface area contributed by atoms with Gasteiger partial charge in [-0.15, -0.1) is 11.8 Å². The minimum atomic E-state index is -0.340. The number of likely N-dealkylation sites (tertiary alicyclic amines) is 1. The number of methoxy groups -OCH3 is 1. The second kappa shape index (κ2) is 11.1. The summed E-state index contributed by atoms with van der Waals surface area (Å²) in [7, 11) is 1.47. The van der Waals surface area contributed by atoms with Crippen LogP contribution < -0.4 is 10.1 Å². The van der Waals surface area contributed by atoms with Gasteiger partial charge in [0.2, 0.25) is 0 Å². The Morgan fingerprint density at radius 1 is 1.24 bits per heavy atom. The number of hydrogen-bond donors (Lipinski definition) is 1. The SMILES string of the molecule is COc1ccc(CN2CCC(NC(=O)c3ccccc3SCc3c(C)noc3C)CC2)cc1F. The van der Waals surface area contributed by atoms with Crippen molar-refractivity contribution in [2.75, 3.05) is 20.2 Å². The Morgan fingerprint density at radius 2 is 2.00 bits per heavy atom. The van der Waals surface area contributed by atoms with Gasteiger partial charge in [0.1, 0.15) is 5.76 Å². The topological polar surface area (TPSA) is 67.6 Å². The highest BCUT2D eigenvalue weighted by molar-refractivity contribution is 7.98. The van der Waals surface area contributed by atoms with Gasteiger partial charge >= 0.3 is 0 Å². The molecule has 0 bridgehead atoms. The second-order valence-corrected chi connectivity index (χ2v) is 9.60. The molecule has 0 saturated carbocycles. The third kappa shape index (κ3) is 5.80. The van der Waals surface area contributed by atoms with Gasteiger partial charge in [0.25, 0.3) is 5.91 Å². The molecule has 3 aromatic rings. The molecule has 1 amide bonds. The Labute approximate surface area is 203 Å². The highest BCUT2D eigenvalue weighted by Gasteiger charge is 2.23. The van der Waals surface area contributed by atoms with Crippen LogP contribution in [0.5, 0.6) is 5.75 Å². The number of piperidine rings is 1. The summed E-state index contributed by atoms with van der Waals surface area (Å²) in [6, 6.07) is 12.9. The second-order valence-electron chi connectivity index (χ2n) is 8.58. The first-order valence-corrected chi connectivity index (χ1v) is 12.4. The van der Waals surface area contributed by atoms with Crippen LogP contribution in [0.1, 0.15) is 45.8 Å². The fraction of sp³-hybridized carbons (Fsp3) is 0.385. The number of nitrogens with zero attached hydrogens (tertiary/aromatic N) is 2. The van der Waals surface area contributed by atoms with Gasteiger partial charge in [0, 0.05) is 41.9 Å². The summed E-state index contributed by atoms with van der Waals surface area (Å²) in [6.45, 7) is 6.22. The smallest absolute Gasteiger partial charge is 0.252 e. The maximum atomic E-state index is 14.0. The van der Waals surface area contributed by atoms with Crippen LogP contribution in [-0.2, 0) is 12.3 Å². The standard InChI is InChI=1S/C26H30FN3O3S/c1-17-22(18(2)33-29-17)16-34-25-7-5-4-6-21(25)26(31)28-20-10-12-30(13-11-20)15-19-8-9-24(32-3)23(27)14-19/h4-9,14,20H,10-13,15-16H2,1-3H3,(H,28,31). The molecule has 1 N–H and O–H groups in total. The van der Waals surface area contributed by atoms with Crippen LogP contribution in [0.2, 0.25) is 0 Å². The maximum absolute atomic E-state index is 14.0. The molecular weight excluding hydrogens is 453 g/mol. The number of hydrogen-bond acceptors (Lipinski definition) is 6. The van der Waals surface area contributed by atoms with E-state index in [0.717, 1.165) is 53.4 Å². The van der Waals surface area contributed by atoms with E-state index < -0.39 is 0 Å². The molecule has 4 rings (SSSR count). The first-order chi connectivity index (χ1) is 16.4. The zero-order valence-corrected chi connectivity index (χ0v) is 20.6. The molecule has 0 spiro atoms. The number of rotatable bonds is 8. The summed E-state index contributed by atoms with van der Waals surface area (Å²) in [4.78, 5) is 16.3. The fourth-order valence-electron chi connectivity index (χ4n) is 4.20. The average molecular weight is 484 g/mol. The number of aromatic nitrogens is 1. The molecule has 0 atom stereocenters. The van der Waals surface area contributed by atoms with E-state index in [2.05, 4.69) is 15.4 Å². The molecule has 1 aromatic heterocycles. The number of amides is 1. The van der Waals surface area contributed by atoms with Crippen LogP contribution in [0, 0.1) is 19.7 Å². The first-order valence-electron chi connectivity index (χ1n) is 11.4. The molecule has 2 aromatic carbocycles. The molecule has 1 saturated heterocycles. The van der Waals surface area contributed by atoms with Gasteiger partial charge in [-0.25, -0.2) is 4.39 Å². The van der Waals surface area contributed by atoms with Gasteiger partial charge in [-0.05, 0) is 56.5 Å². The Bertz CT molecular complexity index is 1120. The molecule has 2 heterocycles. The lowest BCUT2D eigenvalue weighted by Gasteiger charge is -2.32. The Hall–Kier alpha value is -2.84. The molecule has 8 heteroatoms. The summed E-state index contributed by atoms with van der Waals surface area (Å²) >= 11 is 1.62. The van der Waals surface area contributed by atoms with E-state index in [1.165, 1.54) is 13.2 Å². The number of halogens is 1. The molecule has 0 aliphatic carbocycles. The first kappa shape index (κ1) is 24.3. The molecule has 1 aliphatic rings. The third-order valence-corrected chi connectivity index (χ3v) is 7.33. The average Bonchev–Trinajstić information content (AvgIpc) is 3.16. The normalized spacial score (nSPS) is 14.8. The van der Waals surface area contributed by atoms with Crippen LogP contribution in [0.15, 0.2) is 51.9 Å². The summed E-state index contributed by atoms with van der Waals surface area (Å²) in [5.41, 5.74) is 3.57. The Balaban J connectivity index is 1.31. The summed E-state index contributed by atoms with van der Waals surface area (Å²) in [6.07, 6.45) is 1.72. The lowest BCUT2D eigenvalue weighted by molar-refractivity contribution is 0.0906. The van der Waals surface area contributed by atoms with Crippen molar-refractivity contribution in [2.24, 2.45) is 0 Å². The van der Waals surface area contributed by atoms with E-state index in [4.69, 9.17) is 9.26 Å². The Morgan fingerprint density at radius 3 is 2.68 bits per heavy atom. The van der Waals surface area contributed by atoms with E-state index in [-0.39, 0.29) is 23.5 Å². The largest absolute Gasteiger partial charge is 0.494 e. The molecule has 1 aliphatic heterocycles. The van der Waals surface area contributed by atoms with Gasteiger partial charge in [-0.2, -0.15) is 0 Å². The van der Waals surface area contributed by atoms with Gasteiger partial charge in [0.05, 0.1) is 18.4 Å². The monoisotopic (exact) mass is 483 g/mol. The molecule has 180 valence electrons. The minimum absolute atomic E-state index is 0.0439. The number of benzene rings is 2. The maximum Gasteiger partial charge on any atom is 0.252 e. The number of aryl methyl sites for hydroxylation is 2. The van der Waals surface area contributed by atoms with Crippen molar-refractivity contribution in [3.8, 4) is 5.75 Å². The number of thioether (sulfide) groups is 1. The summed E-state index contributed by atoms with van der Waals surface area (Å²) in [5, 5.41) is 7.23. The van der Waals surface area contributed by atoms with E-state index in [1.54, 1.807) is 17.8 Å². The molecule has 0 radical (unpaired) electrons. The fourth-order valence-corrected chi connectivity index (χ4v) is 5.41. The van der Waals surface area contributed by atoms with E-state index in [9.17, 15) is 9.18 Å². The van der Waals surface area contributed by atoms with Crippen molar-refractivity contribution in [1.82, 2.24) is 15.4 Å². The molecule has 6 nitrogen and oxygen atoms in total. The third-order valence-electron chi connectivity index (χ3n) is 6.23. The molecular formula is C26H30FN3O3S. The minimum Gasteiger partial charge on any atom is -0.494 e. The molecule has 0 unspecified atom stereocenters. The lowest BCUT2D eigenvalue weighted by Crippen LogP contribution is -2.44. The van der Waals surface area contributed by atoms with Crippen LogP contribution in [-0.4, -0.2) is 42.2 Å². The predicted octanol–water partition coefficient (Wildman–Crippen LogP) is 5.13. The van der Waals surface area contributed by atoms with Crippen LogP contribution >= 0.6 is 11.8 Å². The van der Waals surface area contributed by atoms with Crippen molar-refractivity contribution in [3.05, 3.63) is 76.4 Å². The van der Waals surface area contributed by atoms with Crippen molar-refractivity contribution in [3.63, 3.8) is 0 Å². The quantitative estimate of drug-likeness (QED) is 0.448. The zero-order valence-electron chi connectivity index (χ0n) is 19.8. The van der Waals surface area contributed by atoms with E-state index >= 15 is 0 Å². The predicted molar refractivity (Wildman–Crippen MR) is 131 cm³/mol. The van der Waals surface area contributed by atoms with Gasteiger partial charge in [-0.1, -0.05) is 23.4 Å². The van der Waals surface area contributed by atoms with Crippen molar-refractivity contribution in [2.45, 2.75) is 49.9 Å². The Kier molecular flexibility index (Phi) is 7.90. The summed E-state index contributed by atoms with van der Waals surface area (Å²) in [5.74, 6) is 1.40. The zero-order chi connectivity index (χ0) is 24.1. The van der Waals surface area contributed by atoms with E-state index in [0.29, 0.717) is 17.9 Å². The number of carbonyl (C=O) groups excluding carboxylic acids is 1. The van der Waals surface area contributed by atoms with Gasteiger partial charge < -0.3 is 14.6 Å². The lowest BCUT2D eigenvalue weighted by atomic mass is 10.0. The van der Waals surface area contributed by atoms with Gasteiger partial charge in [-0.3, -0.25) is 9.69 Å². The summed E-state index contributed by atoms with van der Waals surface area (Å²) < 4.78 is 24.2. The van der Waals surface area contributed by atoms with E-state index in [1.807, 2.05) is 44.2 Å². The van der Waals surface area contributed by atoms with Crippen molar-refractivity contribution >= 4 is 17.7 Å². The molecule has 34 heavy (non-hydrogen) atoms. The highest BCUT2D eigenvalue weighted by Crippen LogP contribution is 2.29. The number of nitrogens with one attached hydrogen (secondary N) is 1. The van der Waals surface area contributed by atoms with Crippen LogP contribution in [0.25, 0.3) is 0 Å². The van der Waals surface area contributed by atoms with Crippen molar-refractivity contribution in [1.29, 1.82) is 0 Å². The molecule has 1 fully saturated rings. The van der Waals surface area contributed by atoms with Crippen LogP contribution in [0.3, 0.4) is 0 Å². The number of carbonyl (C=O) groups is 1. The highest BCUT2D eigenvalue weighted by atomic mass is 32.2. The number of ether oxygens (including phenoxy) is 1. The van der Waals surface area contributed by atoms with Crippen molar-refractivity contribution < 1.29 is 18.4 Å². The van der Waals surface area contributed by atoms with Gasteiger partial charge in [0.15, 0.2) is 11.6 Å². The van der Waals surface area contributed by atoms with Crippen LogP contribution in [0.4, 0.5) is 4.39 Å².